The van der Waals surface area contributed by atoms with Gasteiger partial charge in [-0.05, 0) is 59.7 Å². The summed E-state index contributed by atoms with van der Waals surface area (Å²) < 4.78 is 45.6. The Balaban J connectivity index is 1.60. The van der Waals surface area contributed by atoms with Gasteiger partial charge in [0.05, 0.1) is 19.1 Å². The molecule has 0 fully saturated rings. The molecule has 0 saturated carbocycles. The standard InChI is InChI=1S/C29H30N2O5S/c1-34-26-12-14-27(15-13-26)37(32,33)31(19-17-25-10-6-7-18-30-25)21-24-11-16-28(35-2)29(20-24)36-22-23-8-4-3-5-9-23/h3-16,18,20H,17,19,21-22H2,1-2H3. The van der Waals surface area contributed by atoms with Crippen LogP contribution in [0.1, 0.15) is 16.8 Å². The van der Waals surface area contributed by atoms with Crippen molar-refractivity contribution in [3.05, 3.63) is 114 Å². The molecule has 0 amide bonds. The number of methoxy groups -OCH3 is 2. The molecule has 0 aliphatic heterocycles. The number of benzene rings is 3. The summed E-state index contributed by atoms with van der Waals surface area (Å²) in [4.78, 5) is 4.55. The normalized spacial score (nSPS) is 11.3. The van der Waals surface area contributed by atoms with E-state index in [0.29, 0.717) is 30.3 Å². The monoisotopic (exact) mass is 518 g/mol. The van der Waals surface area contributed by atoms with E-state index in [1.165, 1.54) is 4.31 Å². The van der Waals surface area contributed by atoms with Crippen LogP contribution < -0.4 is 14.2 Å². The smallest absolute Gasteiger partial charge is 0.243 e. The number of aromatic nitrogens is 1. The number of hydrogen-bond acceptors (Lipinski definition) is 6. The van der Waals surface area contributed by atoms with Gasteiger partial charge in [-0.2, -0.15) is 4.31 Å². The molecule has 7 nitrogen and oxygen atoms in total. The number of pyridine rings is 1. The second kappa shape index (κ2) is 12.4. The number of ether oxygens (including phenoxy) is 3. The molecule has 0 spiro atoms. The summed E-state index contributed by atoms with van der Waals surface area (Å²) in [5.74, 6) is 1.72. The van der Waals surface area contributed by atoms with E-state index >= 15 is 0 Å². The Hall–Kier alpha value is -3.88. The molecule has 0 aliphatic carbocycles. The molecule has 0 radical (unpaired) electrons. The van der Waals surface area contributed by atoms with Crippen LogP contribution in [0.3, 0.4) is 0 Å². The Kier molecular flexibility index (Phi) is 8.77. The first kappa shape index (κ1) is 26.2. The lowest BCUT2D eigenvalue weighted by Gasteiger charge is -2.23. The van der Waals surface area contributed by atoms with Crippen molar-refractivity contribution in [3.63, 3.8) is 0 Å². The van der Waals surface area contributed by atoms with Crippen LogP contribution in [0.2, 0.25) is 0 Å². The largest absolute Gasteiger partial charge is 0.497 e. The van der Waals surface area contributed by atoms with E-state index in [1.54, 1.807) is 50.7 Å². The molecule has 192 valence electrons. The van der Waals surface area contributed by atoms with Crippen LogP contribution >= 0.6 is 0 Å². The van der Waals surface area contributed by atoms with E-state index in [9.17, 15) is 8.42 Å². The number of hydrogen-bond donors (Lipinski definition) is 0. The van der Waals surface area contributed by atoms with Crippen molar-refractivity contribution < 1.29 is 22.6 Å². The molecule has 8 heteroatoms. The fraction of sp³-hybridized carbons (Fsp3) is 0.207. The minimum absolute atomic E-state index is 0.160. The van der Waals surface area contributed by atoms with E-state index < -0.39 is 10.0 Å². The lowest BCUT2D eigenvalue weighted by atomic mass is 10.2. The lowest BCUT2D eigenvalue weighted by Crippen LogP contribution is -2.32. The Morgan fingerprint density at radius 1 is 0.784 bits per heavy atom. The summed E-state index contributed by atoms with van der Waals surface area (Å²) >= 11 is 0. The van der Waals surface area contributed by atoms with Crippen molar-refractivity contribution in [1.29, 1.82) is 0 Å². The van der Waals surface area contributed by atoms with E-state index in [0.717, 1.165) is 16.8 Å². The summed E-state index contributed by atoms with van der Waals surface area (Å²) in [7, 11) is -0.674. The van der Waals surface area contributed by atoms with Gasteiger partial charge in [-0.15, -0.1) is 0 Å². The first-order valence-corrected chi connectivity index (χ1v) is 13.3. The molecule has 4 rings (SSSR count). The maximum absolute atomic E-state index is 13.7. The van der Waals surface area contributed by atoms with Crippen LogP contribution in [0.15, 0.2) is 102 Å². The van der Waals surface area contributed by atoms with Crippen molar-refractivity contribution in [1.82, 2.24) is 9.29 Å². The van der Waals surface area contributed by atoms with Gasteiger partial charge >= 0.3 is 0 Å². The topological polar surface area (TPSA) is 78.0 Å². The fourth-order valence-electron chi connectivity index (χ4n) is 3.84. The van der Waals surface area contributed by atoms with Crippen molar-refractivity contribution in [2.45, 2.75) is 24.5 Å². The van der Waals surface area contributed by atoms with Gasteiger partial charge in [-0.25, -0.2) is 8.42 Å². The van der Waals surface area contributed by atoms with Gasteiger partial charge in [-0.3, -0.25) is 4.98 Å². The van der Waals surface area contributed by atoms with E-state index in [1.807, 2.05) is 60.7 Å². The number of rotatable bonds is 12. The molecular formula is C29H30N2O5S. The van der Waals surface area contributed by atoms with Crippen molar-refractivity contribution in [2.24, 2.45) is 0 Å². The Morgan fingerprint density at radius 3 is 2.22 bits per heavy atom. The molecule has 37 heavy (non-hydrogen) atoms. The second-order valence-corrected chi connectivity index (χ2v) is 10.3. The highest BCUT2D eigenvalue weighted by Gasteiger charge is 2.25. The Morgan fingerprint density at radius 2 is 1.54 bits per heavy atom. The van der Waals surface area contributed by atoms with E-state index in [-0.39, 0.29) is 18.0 Å². The zero-order valence-electron chi connectivity index (χ0n) is 20.9. The number of sulfonamides is 1. The van der Waals surface area contributed by atoms with Gasteiger partial charge in [0.25, 0.3) is 0 Å². The summed E-state index contributed by atoms with van der Waals surface area (Å²) in [5.41, 5.74) is 2.62. The molecule has 3 aromatic carbocycles. The van der Waals surface area contributed by atoms with Gasteiger partial charge in [0.2, 0.25) is 10.0 Å². The van der Waals surface area contributed by atoms with Crippen LogP contribution in [0, 0.1) is 0 Å². The molecule has 0 aliphatic rings. The van der Waals surface area contributed by atoms with Gasteiger partial charge in [0, 0.05) is 31.4 Å². The van der Waals surface area contributed by atoms with Crippen LogP contribution in [0.4, 0.5) is 0 Å². The van der Waals surface area contributed by atoms with Crippen LogP contribution in [-0.4, -0.2) is 38.5 Å². The third kappa shape index (κ3) is 6.87. The maximum Gasteiger partial charge on any atom is 0.243 e. The van der Waals surface area contributed by atoms with Crippen molar-refractivity contribution in [2.75, 3.05) is 20.8 Å². The fourth-order valence-corrected chi connectivity index (χ4v) is 5.27. The molecule has 0 unspecified atom stereocenters. The third-order valence-corrected chi connectivity index (χ3v) is 7.72. The number of nitrogens with zero attached hydrogens (tertiary/aromatic N) is 2. The Labute approximate surface area is 218 Å². The zero-order chi connectivity index (χ0) is 26.1. The average Bonchev–Trinajstić information content (AvgIpc) is 2.95. The predicted molar refractivity (Wildman–Crippen MR) is 142 cm³/mol. The molecule has 0 bridgehead atoms. The average molecular weight is 519 g/mol. The van der Waals surface area contributed by atoms with Gasteiger partial charge in [-0.1, -0.05) is 42.5 Å². The summed E-state index contributed by atoms with van der Waals surface area (Å²) in [6.07, 6.45) is 2.18. The van der Waals surface area contributed by atoms with Gasteiger partial charge in [0.15, 0.2) is 11.5 Å². The molecule has 1 heterocycles. The second-order valence-electron chi connectivity index (χ2n) is 8.34. The maximum atomic E-state index is 13.7. The summed E-state index contributed by atoms with van der Waals surface area (Å²) in [6.45, 7) is 0.790. The molecule has 0 atom stereocenters. The van der Waals surface area contributed by atoms with E-state index in [4.69, 9.17) is 14.2 Å². The third-order valence-electron chi connectivity index (χ3n) is 5.86. The molecule has 0 N–H and O–H groups in total. The zero-order valence-corrected chi connectivity index (χ0v) is 21.7. The quantitative estimate of drug-likeness (QED) is 0.259. The van der Waals surface area contributed by atoms with Gasteiger partial charge < -0.3 is 14.2 Å². The first-order valence-electron chi connectivity index (χ1n) is 11.9. The highest BCUT2D eigenvalue weighted by atomic mass is 32.2. The highest BCUT2D eigenvalue weighted by molar-refractivity contribution is 7.89. The molecule has 1 aromatic heterocycles. The minimum Gasteiger partial charge on any atom is -0.497 e. The van der Waals surface area contributed by atoms with Crippen LogP contribution in [-0.2, 0) is 29.6 Å². The first-order chi connectivity index (χ1) is 18.0. The van der Waals surface area contributed by atoms with Gasteiger partial charge in [0.1, 0.15) is 12.4 Å². The van der Waals surface area contributed by atoms with Crippen LogP contribution in [0.25, 0.3) is 0 Å². The predicted octanol–water partition coefficient (Wildman–Crippen LogP) is 5.11. The SMILES string of the molecule is COc1ccc(S(=O)(=O)N(CCc2ccccn2)Cc2ccc(OC)c(OCc3ccccc3)c2)cc1. The minimum atomic E-state index is -3.80. The van der Waals surface area contributed by atoms with Crippen molar-refractivity contribution in [3.8, 4) is 17.2 Å². The highest BCUT2D eigenvalue weighted by Crippen LogP contribution is 2.30. The van der Waals surface area contributed by atoms with Crippen LogP contribution in [0.5, 0.6) is 17.2 Å². The Bertz CT molecular complexity index is 1380. The van der Waals surface area contributed by atoms with Crippen molar-refractivity contribution >= 4 is 10.0 Å². The molecule has 0 saturated heterocycles. The summed E-state index contributed by atoms with van der Waals surface area (Å²) in [6, 6.07) is 27.3. The molecular weight excluding hydrogens is 488 g/mol. The summed E-state index contributed by atoms with van der Waals surface area (Å²) in [5, 5.41) is 0. The lowest BCUT2D eigenvalue weighted by molar-refractivity contribution is 0.283. The molecule has 4 aromatic rings. The van der Waals surface area contributed by atoms with E-state index in [2.05, 4.69) is 4.98 Å².